The van der Waals surface area contributed by atoms with E-state index in [0.29, 0.717) is 6.42 Å². The summed E-state index contributed by atoms with van der Waals surface area (Å²) in [5, 5.41) is 3.07. The number of rotatable bonds is 10. The number of amides is 1. The lowest BCUT2D eigenvalue weighted by Crippen LogP contribution is -2.46. The molecule has 0 saturated heterocycles. The summed E-state index contributed by atoms with van der Waals surface area (Å²) in [4.78, 5) is 27.2. The predicted octanol–water partition coefficient (Wildman–Crippen LogP) is 3.93. The van der Waals surface area contributed by atoms with Crippen LogP contribution < -0.4 is 5.32 Å². The second-order valence-electron chi connectivity index (χ2n) is 7.81. The van der Waals surface area contributed by atoms with E-state index in [4.69, 9.17) is 4.74 Å². The number of ether oxygens (including phenoxy) is 1. The summed E-state index contributed by atoms with van der Waals surface area (Å²) in [5.74, 6) is 0.677. The normalized spacial score (nSPS) is 12.1. The Morgan fingerprint density at radius 3 is 2.50 bits per heavy atom. The van der Waals surface area contributed by atoms with Crippen LogP contribution in [-0.2, 0) is 20.7 Å². The molecule has 0 bridgehead atoms. The first-order chi connectivity index (χ1) is 12.6. The number of hydrogen-bond donors (Lipinski definition) is 1. The molecule has 7 heteroatoms. The predicted molar refractivity (Wildman–Crippen MR) is 119 cm³/mol. The van der Waals surface area contributed by atoms with E-state index in [1.807, 2.05) is 44.7 Å². The number of likely N-dealkylation sites (N-methyl/N-ethyl adjacent to an activating group) is 1. The summed E-state index contributed by atoms with van der Waals surface area (Å²) >= 11 is 1.83. The molecule has 0 spiro atoms. The zero-order valence-corrected chi connectivity index (χ0v) is 19.5. The van der Waals surface area contributed by atoms with Crippen molar-refractivity contribution < 1.29 is 14.3 Å². The van der Waals surface area contributed by atoms with Crippen LogP contribution in [0.3, 0.4) is 0 Å². The summed E-state index contributed by atoms with van der Waals surface area (Å²) in [7, 11) is 3.40. The maximum Gasteiger partial charge on any atom is 0.324 e. The highest BCUT2D eigenvalue weighted by molar-refractivity contribution is 7.99. The number of nitrogens with zero attached hydrogens (tertiary/aromatic N) is 1. The smallest absolute Gasteiger partial charge is 0.324 e. The van der Waals surface area contributed by atoms with E-state index < -0.39 is 11.6 Å². The van der Waals surface area contributed by atoms with Gasteiger partial charge in [0.1, 0.15) is 11.6 Å². The van der Waals surface area contributed by atoms with E-state index in [2.05, 4.69) is 24.4 Å². The van der Waals surface area contributed by atoms with Crippen molar-refractivity contribution in [1.29, 1.82) is 0 Å². The second kappa shape index (κ2) is 13.1. The Labute approximate surface area is 180 Å². The van der Waals surface area contributed by atoms with E-state index in [-0.39, 0.29) is 30.8 Å². The molecule has 1 N–H and O–H groups in total. The van der Waals surface area contributed by atoms with E-state index in [1.54, 1.807) is 14.1 Å². The molecule has 1 aromatic rings. The molecular weight excluding hydrogens is 396 g/mol. The maximum atomic E-state index is 12.6. The molecule has 1 atom stereocenters. The zero-order chi connectivity index (χ0) is 20.4. The first kappa shape index (κ1) is 26.8. The summed E-state index contributed by atoms with van der Waals surface area (Å²) in [6.45, 7) is 7.82. The molecule has 0 saturated carbocycles. The number of thioether (sulfide) groups is 1. The van der Waals surface area contributed by atoms with Crippen molar-refractivity contribution in [1.82, 2.24) is 10.2 Å². The summed E-state index contributed by atoms with van der Waals surface area (Å²) in [6.07, 6.45) is 2.85. The van der Waals surface area contributed by atoms with Gasteiger partial charge < -0.3 is 9.64 Å². The highest BCUT2D eigenvalue weighted by Gasteiger charge is 2.26. The SMILES string of the molecule is CCCCSc1cccc(CC(NCC(=O)N(C)C)C(=O)OC(C)(C)C)c1.Cl. The molecule has 0 aliphatic heterocycles. The van der Waals surface area contributed by atoms with Crippen LogP contribution in [0.15, 0.2) is 29.2 Å². The van der Waals surface area contributed by atoms with Crippen LogP contribution in [-0.4, -0.2) is 54.8 Å². The zero-order valence-electron chi connectivity index (χ0n) is 17.9. The molecule has 0 radical (unpaired) electrons. The monoisotopic (exact) mass is 430 g/mol. The topological polar surface area (TPSA) is 58.6 Å². The van der Waals surface area contributed by atoms with E-state index >= 15 is 0 Å². The summed E-state index contributed by atoms with van der Waals surface area (Å²) in [6, 6.07) is 7.67. The van der Waals surface area contributed by atoms with Gasteiger partial charge in [0, 0.05) is 19.0 Å². The van der Waals surface area contributed by atoms with Crippen LogP contribution in [0.4, 0.5) is 0 Å². The van der Waals surface area contributed by atoms with Gasteiger partial charge in [-0.25, -0.2) is 0 Å². The van der Waals surface area contributed by atoms with Crippen LogP contribution >= 0.6 is 24.2 Å². The number of halogens is 1. The molecule has 1 rings (SSSR count). The highest BCUT2D eigenvalue weighted by Crippen LogP contribution is 2.21. The minimum absolute atomic E-state index is 0. The number of benzene rings is 1. The van der Waals surface area contributed by atoms with Crippen LogP contribution in [0.25, 0.3) is 0 Å². The molecule has 1 amide bonds. The summed E-state index contributed by atoms with van der Waals surface area (Å²) in [5.41, 5.74) is 0.484. The average molecular weight is 431 g/mol. The third kappa shape index (κ3) is 10.9. The summed E-state index contributed by atoms with van der Waals surface area (Å²) < 4.78 is 5.54. The first-order valence-corrected chi connectivity index (χ1v) is 10.5. The molecule has 0 aliphatic rings. The fourth-order valence-electron chi connectivity index (χ4n) is 2.31. The standard InChI is InChI=1S/C21H34N2O3S.ClH/c1-7-8-12-27-17-11-9-10-16(13-17)14-18(20(25)26-21(2,3)4)22-15-19(24)23(5)6;/h9-11,13,18,22H,7-8,12,14-15H2,1-6H3;1H. The van der Waals surface area contributed by atoms with Crippen molar-refractivity contribution in [3.63, 3.8) is 0 Å². The van der Waals surface area contributed by atoms with Crippen molar-refractivity contribution in [2.24, 2.45) is 0 Å². The fourth-order valence-corrected chi connectivity index (χ4v) is 3.39. The quantitative estimate of drug-likeness (QED) is 0.346. The fraction of sp³-hybridized carbons (Fsp3) is 0.619. The average Bonchev–Trinajstić information content (AvgIpc) is 2.57. The molecule has 0 heterocycles. The van der Waals surface area contributed by atoms with E-state index in [0.717, 1.165) is 11.3 Å². The molecule has 1 unspecified atom stereocenters. The Hall–Kier alpha value is -1.24. The molecule has 1 aromatic carbocycles. The Bertz CT molecular complexity index is 618. The van der Waals surface area contributed by atoms with Crippen molar-refractivity contribution >= 4 is 36.0 Å². The minimum Gasteiger partial charge on any atom is -0.459 e. The second-order valence-corrected chi connectivity index (χ2v) is 8.98. The molecule has 5 nitrogen and oxygen atoms in total. The molecule has 0 fully saturated rings. The van der Waals surface area contributed by atoms with Gasteiger partial charge in [0.25, 0.3) is 0 Å². The Morgan fingerprint density at radius 1 is 1.25 bits per heavy atom. The highest BCUT2D eigenvalue weighted by atomic mass is 35.5. The van der Waals surface area contributed by atoms with Gasteiger partial charge in [-0.3, -0.25) is 14.9 Å². The van der Waals surface area contributed by atoms with Gasteiger partial charge in [0.05, 0.1) is 6.54 Å². The molecular formula is C21H35ClN2O3S. The molecule has 0 aliphatic carbocycles. The Morgan fingerprint density at radius 2 is 1.93 bits per heavy atom. The Balaban J connectivity index is 0.00000729. The number of carbonyl (C=O) groups excluding carboxylic acids is 2. The van der Waals surface area contributed by atoms with Gasteiger partial charge in [-0.15, -0.1) is 24.2 Å². The van der Waals surface area contributed by atoms with Gasteiger partial charge in [-0.1, -0.05) is 25.5 Å². The number of unbranched alkanes of at least 4 members (excludes halogenated alkanes) is 1. The minimum atomic E-state index is -0.569. The van der Waals surface area contributed by atoms with Gasteiger partial charge in [0.15, 0.2) is 0 Å². The molecule has 160 valence electrons. The van der Waals surface area contributed by atoms with Crippen molar-refractivity contribution in [2.45, 2.75) is 63.5 Å². The Kier molecular flexibility index (Phi) is 12.5. The van der Waals surface area contributed by atoms with E-state index in [1.165, 1.54) is 22.6 Å². The number of hydrogen-bond acceptors (Lipinski definition) is 5. The van der Waals surface area contributed by atoms with Crippen molar-refractivity contribution in [3.8, 4) is 0 Å². The van der Waals surface area contributed by atoms with Crippen LogP contribution in [0, 0.1) is 0 Å². The van der Waals surface area contributed by atoms with Crippen molar-refractivity contribution in [3.05, 3.63) is 29.8 Å². The number of esters is 1. The van der Waals surface area contributed by atoms with Gasteiger partial charge in [0.2, 0.25) is 5.91 Å². The van der Waals surface area contributed by atoms with Gasteiger partial charge >= 0.3 is 5.97 Å². The van der Waals surface area contributed by atoms with Crippen molar-refractivity contribution in [2.75, 3.05) is 26.4 Å². The van der Waals surface area contributed by atoms with E-state index in [9.17, 15) is 9.59 Å². The molecule has 0 aromatic heterocycles. The largest absolute Gasteiger partial charge is 0.459 e. The van der Waals surface area contributed by atoms with Crippen LogP contribution in [0.5, 0.6) is 0 Å². The van der Waals surface area contributed by atoms with Crippen LogP contribution in [0.2, 0.25) is 0 Å². The molecule has 28 heavy (non-hydrogen) atoms. The third-order valence-electron chi connectivity index (χ3n) is 3.79. The van der Waals surface area contributed by atoms with Gasteiger partial charge in [-0.2, -0.15) is 0 Å². The lowest BCUT2D eigenvalue weighted by molar-refractivity contribution is -0.157. The first-order valence-electron chi connectivity index (χ1n) is 9.50. The number of carbonyl (C=O) groups is 2. The van der Waals surface area contributed by atoms with Gasteiger partial charge in [-0.05, 0) is 57.1 Å². The lowest BCUT2D eigenvalue weighted by atomic mass is 10.1. The van der Waals surface area contributed by atoms with Crippen LogP contribution in [0.1, 0.15) is 46.1 Å². The lowest BCUT2D eigenvalue weighted by Gasteiger charge is -2.25. The third-order valence-corrected chi connectivity index (χ3v) is 4.87. The number of nitrogens with one attached hydrogen (secondary N) is 1. The maximum absolute atomic E-state index is 12.6.